The van der Waals surface area contributed by atoms with Crippen molar-refractivity contribution in [2.24, 2.45) is 0 Å². The van der Waals surface area contributed by atoms with Crippen LogP contribution in [-0.4, -0.2) is 40.6 Å². The first-order valence-electron chi connectivity index (χ1n) is 5.12. The molecule has 0 spiro atoms. The minimum absolute atomic E-state index is 0.0102. The average Bonchev–Trinajstić information content (AvgIpc) is 2.29. The van der Waals surface area contributed by atoms with Crippen LogP contribution < -0.4 is 4.72 Å². The normalized spacial score (nSPS) is 15.3. The maximum atomic E-state index is 11.8. The zero-order valence-electron chi connectivity index (χ0n) is 9.96. The van der Waals surface area contributed by atoms with Crippen molar-refractivity contribution in [3.63, 3.8) is 0 Å². The molecule has 0 aliphatic carbocycles. The number of hydrogen-bond donors (Lipinski definition) is 1. The van der Waals surface area contributed by atoms with Crippen LogP contribution in [0.5, 0.6) is 0 Å². The summed E-state index contributed by atoms with van der Waals surface area (Å²) in [6, 6.07) is 0. The fourth-order valence-corrected chi connectivity index (χ4v) is 2.57. The van der Waals surface area contributed by atoms with E-state index >= 15 is 0 Å². The highest BCUT2D eigenvalue weighted by atomic mass is 35.5. The summed E-state index contributed by atoms with van der Waals surface area (Å²) < 4.78 is 37.1. The molecule has 9 heteroatoms. The summed E-state index contributed by atoms with van der Waals surface area (Å²) in [5, 5.41) is -0.0712. The van der Waals surface area contributed by atoms with Crippen LogP contribution in [0.25, 0.3) is 0 Å². The van der Waals surface area contributed by atoms with E-state index in [9.17, 15) is 12.6 Å². The van der Waals surface area contributed by atoms with Gasteiger partial charge in [0.2, 0.25) is 15.3 Å². The lowest BCUT2D eigenvalue weighted by Crippen LogP contribution is -2.27. The van der Waals surface area contributed by atoms with Gasteiger partial charge in [-0.15, -0.1) is 0 Å². The van der Waals surface area contributed by atoms with Gasteiger partial charge in [-0.25, -0.2) is 23.1 Å². The second-order valence-corrected chi connectivity index (χ2v) is 7.59. The van der Waals surface area contributed by atoms with Gasteiger partial charge in [-0.05, 0) is 18.0 Å². The number of nitrogens with zero attached hydrogens (tertiary/aromatic N) is 2. The Morgan fingerprint density at radius 2 is 2.00 bits per heavy atom. The van der Waals surface area contributed by atoms with Gasteiger partial charge in [0.05, 0.1) is 12.4 Å². The molecule has 1 heterocycles. The van der Waals surface area contributed by atoms with Crippen molar-refractivity contribution in [2.75, 3.05) is 12.8 Å². The van der Waals surface area contributed by atoms with Crippen LogP contribution in [0.1, 0.15) is 13.3 Å². The minimum Gasteiger partial charge on any atom is -0.260 e. The minimum atomic E-state index is -3.63. The van der Waals surface area contributed by atoms with Crippen molar-refractivity contribution < 1.29 is 12.6 Å². The van der Waals surface area contributed by atoms with E-state index in [1.165, 1.54) is 0 Å². The molecule has 0 aliphatic rings. The van der Waals surface area contributed by atoms with Crippen molar-refractivity contribution in [1.82, 2.24) is 14.7 Å². The molecule has 6 nitrogen and oxygen atoms in total. The molecule has 0 aliphatic heterocycles. The number of aromatic nitrogens is 2. The third kappa shape index (κ3) is 4.60. The van der Waals surface area contributed by atoms with Gasteiger partial charge in [-0.3, -0.25) is 4.21 Å². The Kier molecular flexibility index (Phi) is 5.64. The molecule has 0 amide bonds. The van der Waals surface area contributed by atoms with E-state index in [0.717, 1.165) is 12.4 Å². The zero-order chi connectivity index (χ0) is 13.8. The van der Waals surface area contributed by atoms with Crippen molar-refractivity contribution >= 4 is 32.4 Å². The molecular formula is C9H14ClN3O3S2. The van der Waals surface area contributed by atoms with Crippen LogP contribution >= 0.6 is 11.6 Å². The van der Waals surface area contributed by atoms with E-state index in [0.29, 0.717) is 6.42 Å². The Labute approximate surface area is 114 Å². The molecule has 1 aromatic heterocycles. The predicted octanol–water partition coefficient (Wildman–Crippen LogP) is 0.565. The smallest absolute Gasteiger partial charge is 0.243 e. The number of halogens is 1. The van der Waals surface area contributed by atoms with Crippen LogP contribution in [-0.2, 0) is 20.8 Å². The maximum Gasteiger partial charge on any atom is 0.243 e. The highest BCUT2D eigenvalue weighted by molar-refractivity contribution is 7.89. The van der Waals surface area contributed by atoms with Gasteiger partial charge in [0.15, 0.2) is 0 Å². The molecule has 1 N–H and O–H groups in total. The van der Waals surface area contributed by atoms with E-state index in [1.807, 2.05) is 0 Å². The Morgan fingerprint density at radius 1 is 1.44 bits per heavy atom. The molecule has 102 valence electrons. The average molecular weight is 312 g/mol. The summed E-state index contributed by atoms with van der Waals surface area (Å²) in [5.74, 6) is 0. The fourth-order valence-electron chi connectivity index (χ4n) is 1.09. The largest absolute Gasteiger partial charge is 0.260 e. The van der Waals surface area contributed by atoms with Crippen LogP contribution in [0.4, 0.5) is 0 Å². The molecule has 18 heavy (non-hydrogen) atoms. The highest BCUT2D eigenvalue weighted by Crippen LogP contribution is 2.08. The van der Waals surface area contributed by atoms with E-state index < -0.39 is 20.8 Å². The van der Waals surface area contributed by atoms with Crippen LogP contribution in [0.2, 0.25) is 5.28 Å². The molecule has 0 saturated heterocycles. The number of rotatable bonds is 6. The summed E-state index contributed by atoms with van der Waals surface area (Å²) in [6.07, 6.45) is 4.36. The summed E-state index contributed by atoms with van der Waals surface area (Å²) in [5.41, 5.74) is 0. The lowest BCUT2D eigenvalue weighted by Gasteiger charge is -2.09. The number of hydrogen-bond acceptors (Lipinski definition) is 5. The summed E-state index contributed by atoms with van der Waals surface area (Å²) in [6.45, 7) is 2.02. The molecule has 1 aromatic rings. The number of sulfonamides is 1. The van der Waals surface area contributed by atoms with Crippen molar-refractivity contribution in [2.45, 2.75) is 23.5 Å². The van der Waals surface area contributed by atoms with E-state index in [-0.39, 0.29) is 22.0 Å². The van der Waals surface area contributed by atoms with Gasteiger partial charge >= 0.3 is 0 Å². The van der Waals surface area contributed by atoms with Crippen molar-refractivity contribution in [3.8, 4) is 0 Å². The SMILES string of the molecule is CC(CCNS(=O)(=O)c1cnc(Cl)nc1)S(C)=O. The molecule has 0 saturated carbocycles. The van der Waals surface area contributed by atoms with Gasteiger partial charge in [-0.1, -0.05) is 6.92 Å². The standard InChI is InChI=1S/C9H14ClN3O3S2/c1-7(17(2)14)3-4-13-18(15,16)8-5-11-9(10)12-6-8/h5-7,13H,3-4H2,1-2H3. The second kappa shape index (κ2) is 6.55. The van der Waals surface area contributed by atoms with Gasteiger partial charge in [0.25, 0.3) is 0 Å². The zero-order valence-corrected chi connectivity index (χ0v) is 12.3. The molecule has 2 atom stereocenters. The van der Waals surface area contributed by atoms with Gasteiger partial charge in [0.1, 0.15) is 4.90 Å². The molecule has 2 unspecified atom stereocenters. The third-order valence-electron chi connectivity index (χ3n) is 2.32. The van der Waals surface area contributed by atoms with E-state index in [2.05, 4.69) is 14.7 Å². The van der Waals surface area contributed by atoms with Crippen LogP contribution in [0, 0.1) is 0 Å². The molecule has 1 rings (SSSR count). The van der Waals surface area contributed by atoms with Crippen molar-refractivity contribution in [1.29, 1.82) is 0 Å². The Hall–Kier alpha value is -0.570. The molecule has 0 radical (unpaired) electrons. The summed E-state index contributed by atoms with van der Waals surface area (Å²) >= 11 is 5.47. The van der Waals surface area contributed by atoms with Crippen LogP contribution in [0.15, 0.2) is 17.3 Å². The molecule has 0 aromatic carbocycles. The Balaban J connectivity index is 2.60. The molecule has 0 bridgehead atoms. The van der Waals surface area contributed by atoms with Crippen molar-refractivity contribution in [3.05, 3.63) is 17.7 Å². The lowest BCUT2D eigenvalue weighted by molar-refractivity contribution is 0.577. The summed E-state index contributed by atoms with van der Waals surface area (Å²) in [7, 11) is -4.59. The molecular weight excluding hydrogens is 298 g/mol. The summed E-state index contributed by atoms with van der Waals surface area (Å²) in [4.78, 5) is 7.16. The first kappa shape index (κ1) is 15.5. The maximum absolute atomic E-state index is 11.8. The first-order valence-corrected chi connectivity index (χ1v) is 8.60. The van der Waals surface area contributed by atoms with Gasteiger partial charge in [0, 0.05) is 28.9 Å². The predicted molar refractivity (Wildman–Crippen MR) is 70.4 cm³/mol. The molecule has 0 fully saturated rings. The van der Waals surface area contributed by atoms with Crippen LogP contribution in [0.3, 0.4) is 0 Å². The number of nitrogens with one attached hydrogen (secondary N) is 1. The fraction of sp³-hybridized carbons (Fsp3) is 0.556. The third-order valence-corrected chi connectivity index (χ3v) is 5.30. The van der Waals surface area contributed by atoms with Gasteiger partial charge < -0.3 is 0 Å². The Bertz CT molecular complexity index is 518. The van der Waals surface area contributed by atoms with Gasteiger partial charge in [-0.2, -0.15) is 0 Å². The topological polar surface area (TPSA) is 89.0 Å². The van der Waals surface area contributed by atoms with E-state index in [1.54, 1.807) is 13.2 Å². The first-order chi connectivity index (χ1) is 8.33. The monoisotopic (exact) mass is 311 g/mol. The Morgan fingerprint density at radius 3 is 2.50 bits per heavy atom. The van der Waals surface area contributed by atoms with E-state index in [4.69, 9.17) is 11.6 Å². The second-order valence-electron chi connectivity index (χ2n) is 3.68. The highest BCUT2D eigenvalue weighted by Gasteiger charge is 2.15. The quantitative estimate of drug-likeness (QED) is 0.776. The lowest BCUT2D eigenvalue weighted by atomic mass is 10.3.